The highest BCUT2D eigenvalue weighted by atomic mass is 28.4. The van der Waals surface area contributed by atoms with Gasteiger partial charge in [-0.25, -0.2) is 4.39 Å². The fraction of sp³-hybridized carbons (Fsp3) is 0.682. The Morgan fingerprint density at radius 1 is 1.19 bits per heavy atom. The maximum atomic E-state index is 15.5. The van der Waals surface area contributed by atoms with E-state index in [1.54, 1.807) is 7.05 Å². The van der Waals surface area contributed by atoms with Gasteiger partial charge in [-0.1, -0.05) is 26.8 Å². The van der Waals surface area contributed by atoms with Crippen LogP contribution in [0.15, 0.2) is 12.1 Å². The van der Waals surface area contributed by atoms with Crippen molar-refractivity contribution in [3.63, 3.8) is 0 Å². The smallest absolute Gasteiger partial charge is 0.415 e. The second-order valence-electron chi connectivity index (χ2n) is 10.9. The van der Waals surface area contributed by atoms with Crippen LogP contribution in [-0.4, -0.2) is 57.6 Å². The molecule has 174 valence electrons. The number of amides is 1. The summed E-state index contributed by atoms with van der Waals surface area (Å²) in [6, 6.07) is 3.04. The van der Waals surface area contributed by atoms with E-state index in [4.69, 9.17) is 19.5 Å². The average molecular weight is 452 g/mol. The van der Waals surface area contributed by atoms with Crippen LogP contribution >= 0.6 is 0 Å². The molecule has 2 N–H and O–H groups in total. The third kappa shape index (κ3) is 5.16. The predicted molar refractivity (Wildman–Crippen MR) is 127 cm³/mol. The van der Waals surface area contributed by atoms with Crippen LogP contribution in [0, 0.1) is 5.82 Å². The zero-order chi connectivity index (χ0) is 24.0. The molecule has 1 aliphatic heterocycles. The molecule has 0 atom stereocenters. The summed E-state index contributed by atoms with van der Waals surface area (Å²) in [5, 5.41) is 0.0727. The summed E-state index contributed by atoms with van der Waals surface area (Å²) < 4.78 is 33.5. The van der Waals surface area contributed by atoms with Crippen molar-refractivity contribution in [3.05, 3.63) is 23.5 Å². The Kier molecular flexibility index (Phi) is 7.08. The summed E-state index contributed by atoms with van der Waals surface area (Å²) >= 11 is 0. The van der Waals surface area contributed by atoms with Gasteiger partial charge in [0.2, 0.25) is 0 Å². The molecule has 9 heteroatoms. The molecule has 1 aromatic carbocycles. The molecule has 0 radical (unpaired) electrons. The number of nitrogens with zero attached hydrogens (tertiary/aromatic N) is 1. The Labute approximate surface area is 187 Å². The SMILES string of the molecule is CN(CCO[Si](C)(C)C(C)(C)C)C(=O)c1c(N)ccc(B2OC(C)(C)C(C)(C)O2)c1F. The normalized spacial score (nSPS) is 18.4. The van der Waals surface area contributed by atoms with E-state index in [1.165, 1.54) is 17.0 Å². The molecule has 6 nitrogen and oxygen atoms in total. The van der Waals surface area contributed by atoms with Gasteiger partial charge in [0.15, 0.2) is 8.32 Å². The Morgan fingerprint density at radius 3 is 2.19 bits per heavy atom. The Balaban J connectivity index is 2.19. The van der Waals surface area contributed by atoms with Crippen molar-refractivity contribution in [1.82, 2.24) is 4.90 Å². The van der Waals surface area contributed by atoms with Crippen molar-refractivity contribution in [2.45, 2.75) is 77.8 Å². The molecule has 0 bridgehead atoms. The predicted octanol–water partition coefficient (Wildman–Crippen LogP) is 3.80. The number of carbonyl (C=O) groups is 1. The van der Waals surface area contributed by atoms with E-state index < -0.39 is 38.4 Å². The zero-order valence-corrected chi connectivity index (χ0v) is 21.7. The summed E-state index contributed by atoms with van der Waals surface area (Å²) in [7, 11) is -1.22. The van der Waals surface area contributed by atoms with Crippen LogP contribution < -0.4 is 11.2 Å². The number of nitrogens with two attached hydrogens (primary N) is 1. The maximum Gasteiger partial charge on any atom is 0.497 e. The summed E-state index contributed by atoms with van der Waals surface area (Å²) in [6.45, 7) is 19.1. The van der Waals surface area contributed by atoms with Gasteiger partial charge in [-0.2, -0.15) is 0 Å². The van der Waals surface area contributed by atoms with Crippen molar-refractivity contribution in [2.75, 3.05) is 25.9 Å². The van der Waals surface area contributed by atoms with E-state index >= 15 is 4.39 Å². The van der Waals surface area contributed by atoms with E-state index in [2.05, 4.69) is 33.9 Å². The lowest BCUT2D eigenvalue weighted by Crippen LogP contribution is -2.43. The summed E-state index contributed by atoms with van der Waals surface area (Å²) in [5.74, 6) is -1.20. The molecule has 0 saturated carbocycles. The molecule has 1 heterocycles. The average Bonchev–Trinajstić information content (AvgIpc) is 2.80. The van der Waals surface area contributed by atoms with Crippen LogP contribution in [0.4, 0.5) is 10.1 Å². The highest BCUT2D eigenvalue weighted by Gasteiger charge is 2.52. The quantitative estimate of drug-likeness (QED) is 0.525. The van der Waals surface area contributed by atoms with Crippen molar-refractivity contribution in [2.24, 2.45) is 0 Å². The molecule has 1 saturated heterocycles. The molecular weight excluding hydrogens is 414 g/mol. The molecule has 31 heavy (non-hydrogen) atoms. The molecule has 2 rings (SSSR count). The monoisotopic (exact) mass is 452 g/mol. The van der Waals surface area contributed by atoms with Crippen molar-refractivity contribution >= 4 is 32.5 Å². The third-order valence-corrected chi connectivity index (χ3v) is 11.5. The summed E-state index contributed by atoms with van der Waals surface area (Å²) in [5.41, 5.74) is 4.85. The van der Waals surface area contributed by atoms with Gasteiger partial charge in [-0.3, -0.25) is 4.79 Å². The first kappa shape index (κ1) is 25.8. The fourth-order valence-electron chi connectivity index (χ4n) is 2.92. The lowest BCUT2D eigenvalue weighted by Gasteiger charge is -2.36. The highest BCUT2D eigenvalue weighted by Crippen LogP contribution is 2.37. The van der Waals surface area contributed by atoms with Crippen LogP contribution in [0.5, 0.6) is 0 Å². The second-order valence-corrected chi connectivity index (χ2v) is 15.7. The van der Waals surface area contributed by atoms with Crippen LogP contribution in [0.2, 0.25) is 18.1 Å². The van der Waals surface area contributed by atoms with E-state index in [-0.39, 0.29) is 21.8 Å². The first-order valence-corrected chi connectivity index (χ1v) is 13.6. The third-order valence-electron chi connectivity index (χ3n) is 6.97. The maximum absolute atomic E-state index is 15.5. The number of nitrogen functional groups attached to an aromatic ring is 1. The molecule has 1 amide bonds. The van der Waals surface area contributed by atoms with E-state index in [0.29, 0.717) is 13.2 Å². The van der Waals surface area contributed by atoms with Gasteiger partial charge in [-0.15, -0.1) is 0 Å². The number of hydrogen-bond acceptors (Lipinski definition) is 5. The second kappa shape index (κ2) is 8.50. The zero-order valence-electron chi connectivity index (χ0n) is 20.7. The number of rotatable bonds is 6. The number of carbonyl (C=O) groups excluding carboxylic acids is 1. The Hall–Kier alpha value is -1.42. The molecule has 0 aromatic heterocycles. The molecule has 1 aromatic rings. The minimum atomic E-state index is -1.93. The number of benzene rings is 1. The van der Waals surface area contributed by atoms with Crippen molar-refractivity contribution in [1.29, 1.82) is 0 Å². The first-order chi connectivity index (χ1) is 13.9. The molecule has 0 unspecified atom stereocenters. The Bertz CT molecular complexity index is 824. The van der Waals surface area contributed by atoms with Gasteiger partial charge in [0.25, 0.3) is 5.91 Å². The van der Waals surface area contributed by atoms with Crippen LogP contribution in [0.1, 0.15) is 58.8 Å². The van der Waals surface area contributed by atoms with Crippen LogP contribution in [0.25, 0.3) is 0 Å². The molecular formula is C22H38BFN2O4Si. The number of anilines is 1. The number of halogens is 1. The molecule has 0 spiro atoms. The van der Waals surface area contributed by atoms with Gasteiger partial charge in [0.1, 0.15) is 5.82 Å². The minimum Gasteiger partial charge on any atom is -0.415 e. The van der Waals surface area contributed by atoms with Crippen molar-refractivity contribution in [3.8, 4) is 0 Å². The standard InChI is InChI=1S/C22H38BFN2O4Si/c1-20(2,3)31(9,10)28-14-13-26(8)19(27)17-16(25)12-11-15(18(17)24)23-29-21(4,5)22(6,7)30-23/h11-12H,13-14,25H2,1-10H3. The van der Waals surface area contributed by atoms with Crippen molar-refractivity contribution < 1.29 is 22.9 Å². The number of hydrogen-bond donors (Lipinski definition) is 1. The molecule has 0 aliphatic carbocycles. The topological polar surface area (TPSA) is 74.0 Å². The van der Waals surface area contributed by atoms with E-state index in [1.807, 2.05) is 27.7 Å². The first-order valence-electron chi connectivity index (χ1n) is 10.7. The summed E-state index contributed by atoms with van der Waals surface area (Å²) in [6.07, 6.45) is 0. The van der Waals surface area contributed by atoms with Gasteiger partial charge < -0.3 is 24.4 Å². The number of likely N-dealkylation sites (N-methyl/N-ethyl adjacent to an activating group) is 1. The van der Waals surface area contributed by atoms with Gasteiger partial charge in [-0.05, 0) is 51.9 Å². The van der Waals surface area contributed by atoms with Gasteiger partial charge >= 0.3 is 7.12 Å². The molecule has 1 aliphatic rings. The minimum absolute atomic E-state index is 0.0727. The fourth-order valence-corrected chi connectivity index (χ4v) is 3.96. The molecule has 1 fully saturated rings. The Morgan fingerprint density at radius 2 is 1.71 bits per heavy atom. The van der Waals surface area contributed by atoms with Gasteiger partial charge in [0.05, 0.1) is 23.4 Å². The van der Waals surface area contributed by atoms with E-state index in [9.17, 15) is 4.79 Å². The summed E-state index contributed by atoms with van der Waals surface area (Å²) in [4.78, 5) is 14.5. The lowest BCUT2D eigenvalue weighted by atomic mass is 9.77. The van der Waals surface area contributed by atoms with Gasteiger partial charge in [0, 0.05) is 24.7 Å². The van der Waals surface area contributed by atoms with Crippen LogP contribution in [-0.2, 0) is 13.7 Å². The lowest BCUT2D eigenvalue weighted by molar-refractivity contribution is 0.00578. The highest BCUT2D eigenvalue weighted by molar-refractivity contribution is 6.74. The largest absolute Gasteiger partial charge is 0.497 e. The van der Waals surface area contributed by atoms with E-state index in [0.717, 1.165) is 0 Å². The van der Waals surface area contributed by atoms with Crippen LogP contribution in [0.3, 0.4) is 0 Å².